The van der Waals surface area contributed by atoms with E-state index in [0.717, 1.165) is 25.7 Å². The number of aliphatic hydroxyl groups is 3. The molecular formula is C33H66O6. The average Bonchev–Trinajstić information content (AvgIpc) is 2.94. The summed E-state index contributed by atoms with van der Waals surface area (Å²) in [6.07, 6.45) is 24.2. The van der Waals surface area contributed by atoms with Crippen molar-refractivity contribution in [1.29, 1.82) is 0 Å². The monoisotopic (exact) mass is 558 g/mol. The Morgan fingerprint density at radius 1 is 0.462 bits per heavy atom. The van der Waals surface area contributed by atoms with Gasteiger partial charge < -0.3 is 29.5 Å². The van der Waals surface area contributed by atoms with Gasteiger partial charge in [0.05, 0.1) is 6.61 Å². The van der Waals surface area contributed by atoms with E-state index in [9.17, 15) is 15.3 Å². The number of ether oxygens (including phenoxy) is 3. The molecular weight excluding hydrogens is 492 g/mol. The first-order chi connectivity index (χ1) is 19.1. The van der Waals surface area contributed by atoms with Crippen LogP contribution in [0.25, 0.3) is 0 Å². The summed E-state index contributed by atoms with van der Waals surface area (Å²) in [5.74, 6) is 0. The number of rotatable bonds is 28. The highest BCUT2D eigenvalue weighted by Crippen LogP contribution is 2.23. The van der Waals surface area contributed by atoms with Crippen molar-refractivity contribution >= 4 is 0 Å². The minimum absolute atomic E-state index is 0.195. The Bertz CT molecular complexity index is 505. The highest BCUT2D eigenvalue weighted by Gasteiger charge is 2.44. The third-order valence-electron chi connectivity index (χ3n) is 8.12. The van der Waals surface area contributed by atoms with Crippen LogP contribution in [0.4, 0.5) is 0 Å². The van der Waals surface area contributed by atoms with Crippen LogP contribution in [0.15, 0.2) is 0 Å². The molecule has 3 N–H and O–H groups in total. The van der Waals surface area contributed by atoms with E-state index in [0.29, 0.717) is 13.2 Å². The third kappa shape index (κ3) is 19.5. The molecule has 6 heteroatoms. The van der Waals surface area contributed by atoms with E-state index in [1.54, 1.807) is 0 Å². The first kappa shape index (κ1) is 36.8. The highest BCUT2D eigenvalue weighted by atomic mass is 16.7. The third-order valence-corrected chi connectivity index (χ3v) is 8.12. The van der Waals surface area contributed by atoms with Crippen molar-refractivity contribution in [2.75, 3.05) is 19.8 Å². The van der Waals surface area contributed by atoms with E-state index in [1.165, 1.54) is 122 Å². The Hall–Kier alpha value is -0.240. The summed E-state index contributed by atoms with van der Waals surface area (Å²) in [5.41, 5.74) is 0. The molecule has 1 fully saturated rings. The topological polar surface area (TPSA) is 88.4 Å². The second-order valence-electron chi connectivity index (χ2n) is 11.9. The molecule has 1 aliphatic rings. The fourth-order valence-electron chi connectivity index (χ4n) is 5.40. The Morgan fingerprint density at radius 2 is 0.846 bits per heavy atom. The first-order valence-corrected chi connectivity index (χ1v) is 17.0. The standard InChI is InChI=1S/C33H66O6/c1-3-5-7-9-11-13-14-15-16-17-19-21-23-25-27-38-33-32(36)31(35)30(34)29(39-33)28-37-26-24-22-20-18-12-10-8-6-4-2/h29-36H,3-28H2,1-2H3/t29-,30-,31+,32+,33+/m1/s1. The van der Waals surface area contributed by atoms with E-state index in [-0.39, 0.29) is 6.61 Å². The van der Waals surface area contributed by atoms with Crippen LogP contribution in [0.2, 0.25) is 0 Å². The Kier molecular flexibility index (Phi) is 25.1. The lowest BCUT2D eigenvalue weighted by atomic mass is 9.99. The Morgan fingerprint density at radius 3 is 1.28 bits per heavy atom. The fourth-order valence-corrected chi connectivity index (χ4v) is 5.40. The van der Waals surface area contributed by atoms with Crippen LogP contribution in [-0.4, -0.2) is 65.8 Å². The van der Waals surface area contributed by atoms with Gasteiger partial charge in [-0.15, -0.1) is 0 Å². The zero-order chi connectivity index (χ0) is 28.4. The molecule has 0 unspecified atom stereocenters. The van der Waals surface area contributed by atoms with Gasteiger partial charge in [-0.3, -0.25) is 0 Å². The quantitative estimate of drug-likeness (QED) is 0.0848. The lowest BCUT2D eigenvalue weighted by Crippen LogP contribution is -2.59. The van der Waals surface area contributed by atoms with Gasteiger partial charge in [-0.05, 0) is 12.8 Å². The van der Waals surface area contributed by atoms with Crippen molar-refractivity contribution in [3.05, 3.63) is 0 Å². The lowest BCUT2D eigenvalue weighted by Gasteiger charge is -2.40. The molecule has 5 atom stereocenters. The minimum atomic E-state index is -1.29. The van der Waals surface area contributed by atoms with Gasteiger partial charge >= 0.3 is 0 Å². The van der Waals surface area contributed by atoms with Crippen molar-refractivity contribution in [1.82, 2.24) is 0 Å². The maximum absolute atomic E-state index is 10.3. The SMILES string of the molecule is CCCCCCCCCCCCCCCCO[C@H]1O[C@H](COCCCCCCCCCCC)[C@@H](O)[C@H](O)[C@@H]1O. The minimum Gasteiger partial charge on any atom is -0.387 e. The largest absolute Gasteiger partial charge is 0.387 e. The molecule has 6 nitrogen and oxygen atoms in total. The molecule has 0 spiro atoms. The molecule has 0 radical (unpaired) electrons. The fraction of sp³-hybridized carbons (Fsp3) is 1.00. The summed E-state index contributed by atoms with van der Waals surface area (Å²) in [7, 11) is 0. The number of hydrogen-bond donors (Lipinski definition) is 3. The number of hydrogen-bond acceptors (Lipinski definition) is 6. The highest BCUT2D eigenvalue weighted by molar-refractivity contribution is 4.89. The van der Waals surface area contributed by atoms with Gasteiger partial charge in [0.2, 0.25) is 0 Å². The molecule has 234 valence electrons. The van der Waals surface area contributed by atoms with Crippen molar-refractivity contribution in [3.8, 4) is 0 Å². The summed E-state index contributed by atoms with van der Waals surface area (Å²) < 4.78 is 17.3. The van der Waals surface area contributed by atoms with E-state index in [2.05, 4.69) is 13.8 Å². The average molecular weight is 559 g/mol. The second kappa shape index (κ2) is 26.6. The van der Waals surface area contributed by atoms with Crippen molar-refractivity contribution < 1.29 is 29.5 Å². The van der Waals surface area contributed by atoms with Crippen LogP contribution in [0, 0.1) is 0 Å². The van der Waals surface area contributed by atoms with Gasteiger partial charge in [-0.2, -0.15) is 0 Å². The van der Waals surface area contributed by atoms with Gasteiger partial charge in [-0.25, -0.2) is 0 Å². The summed E-state index contributed by atoms with van der Waals surface area (Å²) >= 11 is 0. The number of unbranched alkanes of at least 4 members (excludes halogenated alkanes) is 21. The summed E-state index contributed by atoms with van der Waals surface area (Å²) in [5, 5.41) is 30.9. The van der Waals surface area contributed by atoms with Gasteiger partial charge in [0.1, 0.15) is 24.4 Å². The first-order valence-electron chi connectivity index (χ1n) is 17.0. The smallest absolute Gasteiger partial charge is 0.186 e. The molecule has 39 heavy (non-hydrogen) atoms. The molecule has 1 rings (SSSR count). The predicted molar refractivity (Wildman–Crippen MR) is 161 cm³/mol. The van der Waals surface area contributed by atoms with Crippen LogP contribution in [0.1, 0.15) is 162 Å². The van der Waals surface area contributed by atoms with E-state index in [1.807, 2.05) is 0 Å². The molecule has 0 aromatic heterocycles. The second-order valence-corrected chi connectivity index (χ2v) is 11.9. The Balaban J connectivity index is 2.02. The summed E-state index contributed by atoms with van der Waals surface area (Å²) in [6.45, 7) is 5.81. The van der Waals surface area contributed by atoms with Crippen molar-refractivity contribution in [2.24, 2.45) is 0 Å². The summed E-state index contributed by atoms with van der Waals surface area (Å²) in [4.78, 5) is 0. The maximum Gasteiger partial charge on any atom is 0.186 e. The van der Waals surface area contributed by atoms with E-state index >= 15 is 0 Å². The number of aliphatic hydroxyl groups excluding tert-OH is 3. The van der Waals surface area contributed by atoms with Crippen LogP contribution in [0.5, 0.6) is 0 Å². The lowest BCUT2D eigenvalue weighted by molar-refractivity contribution is -0.302. The molecule has 0 aromatic carbocycles. The molecule has 0 bridgehead atoms. The maximum atomic E-state index is 10.3. The van der Waals surface area contributed by atoms with Crippen LogP contribution in [0.3, 0.4) is 0 Å². The van der Waals surface area contributed by atoms with Crippen LogP contribution >= 0.6 is 0 Å². The van der Waals surface area contributed by atoms with Crippen molar-refractivity contribution in [2.45, 2.75) is 192 Å². The molecule has 0 aliphatic carbocycles. The van der Waals surface area contributed by atoms with Gasteiger partial charge in [-0.1, -0.05) is 149 Å². The normalized spacial score (nSPS) is 23.5. The van der Waals surface area contributed by atoms with Crippen LogP contribution < -0.4 is 0 Å². The molecule has 0 amide bonds. The van der Waals surface area contributed by atoms with Crippen molar-refractivity contribution in [3.63, 3.8) is 0 Å². The molecule has 1 saturated heterocycles. The molecule has 1 aliphatic heterocycles. The van der Waals surface area contributed by atoms with E-state index in [4.69, 9.17) is 14.2 Å². The Labute approximate surface area is 241 Å². The summed E-state index contributed by atoms with van der Waals surface area (Å²) in [6, 6.07) is 0. The zero-order valence-corrected chi connectivity index (χ0v) is 25.8. The molecule has 0 saturated carbocycles. The van der Waals surface area contributed by atoms with E-state index < -0.39 is 30.7 Å². The molecule has 1 heterocycles. The van der Waals surface area contributed by atoms with Crippen LogP contribution in [-0.2, 0) is 14.2 Å². The predicted octanol–water partition coefficient (Wildman–Crippen LogP) is 7.84. The molecule has 0 aromatic rings. The van der Waals surface area contributed by atoms with Gasteiger partial charge in [0, 0.05) is 13.2 Å². The van der Waals surface area contributed by atoms with Gasteiger partial charge in [0.15, 0.2) is 6.29 Å². The van der Waals surface area contributed by atoms with Gasteiger partial charge in [0.25, 0.3) is 0 Å². The zero-order valence-electron chi connectivity index (χ0n) is 25.8.